The van der Waals surface area contributed by atoms with E-state index in [9.17, 15) is 4.39 Å². The molecule has 0 spiro atoms. The molecule has 0 aliphatic rings. The Bertz CT molecular complexity index is 350. The van der Waals surface area contributed by atoms with Crippen LogP contribution in [-0.4, -0.2) is 24.7 Å². The summed E-state index contributed by atoms with van der Waals surface area (Å²) in [6, 6.07) is 8.01. The van der Waals surface area contributed by atoms with Crippen LogP contribution < -0.4 is 0 Å². The van der Waals surface area contributed by atoms with Crippen molar-refractivity contribution in [3.05, 3.63) is 60.7 Å². The summed E-state index contributed by atoms with van der Waals surface area (Å²) < 4.78 is 12.4. The first-order chi connectivity index (χ1) is 8.31. The van der Waals surface area contributed by atoms with E-state index in [4.69, 9.17) is 0 Å². The topological polar surface area (TPSA) is 3.24 Å². The summed E-state index contributed by atoms with van der Waals surface area (Å²) in [6.07, 6.45) is 4.24. The molecule has 0 aliphatic heterocycles. The highest BCUT2D eigenvalue weighted by Crippen LogP contribution is 2.12. The van der Waals surface area contributed by atoms with Gasteiger partial charge >= 0.3 is 0 Å². The maximum absolute atomic E-state index is 12.4. The van der Waals surface area contributed by atoms with Gasteiger partial charge in [-0.25, -0.2) is 0 Å². The number of hydrogen-bond donors (Lipinski definition) is 0. The predicted molar refractivity (Wildman–Crippen MR) is 71.8 cm³/mol. The van der Waals surface area contributed by atoms with Crippen molar-refractivity contribution in [3.63, 3.8) is 0 Å². The van der Waals surface area contributed by atoms with Crippen LogP contribution in [0.5, 0.6) is 0 Å². The fraction of sp³-hybridized carbons (Fsp3) is 0.333. The molecule has 0 radical (unpaired) electrons. The van der Waals surface area contributed by atoms with Crippen molar-refractivity contribution in [2.75, 3.05) is 19.8 Å². The normalized spacial score (nSPS) is 10.5. The van der Waals surface area contributed by atoms with Gasteiger partial charge in [-0.05, 0) is 11.1 Å². The van der Waals surface area contributed by atoms with E-state index in [-0.39, 0.29) is 6.67 Å². The van der Waals surface area contributed by atoms with Crippen molar-refractivity contribution in [1.29, 1.82) is 0 Å². The van der Waals surface area contributed by atoms with E-state index in [0.717, 1.165) is 25.2 Å². The fourth-order valence-corrected chi connectivity index (χ4v) is 1.87. The van der Waals surface area contributed by atoms with Crippen molar-refractivity contribution < 1.29 is 4.39 Å². The first-order valence-electron chi connectivity index (χ1n) is 5.88. The second kappa shape index (κ2) is 7.80. The van der Waals surface area contributed by atoms with Gasteiger partial charge in [-0.1, -0.05) is 36.4 Å². The van der Waals surface area contributed by atoms with Crippen molar-refractivity contribution in [2.24, 2.45) is 0 Å². The van der Waals surface area contributed by atoms with E-state index in [1.807, 2.05) is 30.4 Å². The molecule has 0 atom stereocenters. The van der Waals surface area contributed by atoms with Gasteiger partial charge in [0.2, 0.25) is 0 Å². The summed E-state index contributed by atoms with van der Waals surface area (Å²) in [5.74, 6) is 0. The van der Waals surface area contributed by atoms with Gasteiger partial charge in [0.1, 0.15) is 0 Å². The Morgan fingerprint density at radius 1 is 1.06 bits per heavy atom. The van der Waals surface area contributed by atoms with Crippen LogP contribution in [0.4, 0.5) is 4.39 Å². The highest BCUT2D eigenvalue weighted by Gasteiger charge is 2.06. The zero-order valence-electron chi connectivity index (χ0n) is 10.2. The molecule has 17 heavy (non-hydrogen) atoms. The molecule has 1 nitrogen and oxygen atoms in total. The maximum Gasteiger partial charge on any atom is 0.0934 e. The minimum Gasteiger partial charge on any atom is -0.292 e. The lowest BCUT2D eigenvalue weighted by atomic mass is 10.0. The molecule has 0 amide bonds. The third kappa shape index (κ3) is 4.53. The van der Waals surface area contributed by atoms with Crippen molar-refractivity contribution in [1.82, 2.24) is 4.90 Å². The second-order valence-corrected chi connectivity index (χ2v) is 3.98. The van der Waals surface area contributed by atoms with E-state index in [0.29, 0.717) is 6.42 Å². The molecule has 92 valence electrons. The summed E-state index contributed by atoms with van der Waals surface area (Å²) >= 11 is 0. The summed E-state index contributed by atoms with van der Waals surface area (Å²) in [7, 11) is 0. The molecule has 1 rings (SSSR count). The number of aryl methyl sites for hydroxylation is 1. The Hall–Kier alpha value is -1.41. The van der Waals surface area contributed by atoms with E-state index < -0.39 is 0 Å². The lowest BCUT2D eigenvalue weighted by Crippen LogP contribution is -2.24. The Morgan fingerprint density at radius 3 is 2.18 bits per heavy atom. The average Bonchev–Trinajstić information content (AvgIpc) is 2.33. The van der Waals surface area contributed by atoms with Gasteiger partial charge in [-0.3, -0.25) is 9.29 Å². The Labute approximate surface area is 103 Å². The number of nitrogens with zero attached hydrogens (tertiary/aromatic N) is 1. The quantitative estimate of drug-likeness (QED) is 0.622. The van der Waals surface area contributed by atoms with E-state index in [1.165, 1.54) is 5.56 Å². The Kier molecular flexibility index (Phi) is 6.26. The summed E-state index contributed by atoms with van der Waals surface area (Å²) in [6.45, 7) is 9.63. The molecular weight excluding hydrogens is 213 g/mol. The SMILES string of the molecule is C=CCN(CC=C)Cc1ccccc1CCF. The van der Waals surface area contributed by atoms with Gasteiger partial charge in [0.15, 0.2) is 0 Å². The third-order valence-corrected chi connectivity index (χ3v) is 2.65. The third-order valence-electron chi connectivity index (χ3n) is 2.65. The smallest absolute Gasteiger partial charge is 0.0934 e. The van der Waals surface area contributed by atoms with E-state index in [2.05, 4.69) is 24.1 Å². The Balaban J connectivity index is 2.76. The van der Waals surface area contributed by atoms with Crippen molar-refractivity contribution in [2.45, 2.75) is 13.0 Å². The maximum atomic E-state index is 12.4. The predicted octanol–water partition coefficient (Wildman–Crippen LogP) is 3.37. The second-order valence-electron chi connectivity index (χ2n) is 3.98. The largest absolute Gasteiger partial charge is 0.292 e. The fourth-order valence-electron chi connectivity index (χ4n) is 1.87. The molecule has 1 aromatic rings. The number of alkyl halides is 1. The zero-order chi connectivity index (χ0) is 12.5. The molecule has 0 aromatic heterocycles. The van der Waals surface area contributed by atoms with Crippen LogP contribution in [0.2, 0.25) is 0 Å². The molecular formula is C15H20FN. The first-order valence-corrected chi connectivity index (χ1v) is 5.88. The average molecular weight is 233 g/mol. The van der Waals surface area contributed by atoms with Gasteiger partial charge in [-0.15, -0.1) is 13.2 Å². The number of hydrogen-bond acceptors (Lipinski definition) is 1. The van der Waals surface area contributed by atoms with Crippen LogP contribution in [-0.2, 0) is 13.0 Å². The molecule has 0 saturated heterocycles. The minimum atomic E-state index is -0.306. The van der Waals surface area contributed by atoms with E-state index >= 15 is 0 Å². The van der Waals surface area contributed by atoms with E-state index in [1.54, 1.807) is 0 Å². The lowest BCUT2D eigenvalue weighted by Gasteiger charge is -2.20. The standard InChI is InChI=1S/C15H20FN/c1-3-11-17(12-4-2)13-15-8-6-5-7-14(15)9-10-16/h3-8H,1-2,9-13H2. The van der Waals surface area contributed by atoms with Crippen LogP contribution in [0, 0.1) is 0 Å². The summed E-state index contributed by atoms with van der Waals surface area (Å²) in [5.41, 5.74) is 2.28. The lowest BCUT2D eigenvalue weighted by molar-refractivity contribution is 0.326. The number of halogens is 1. The van der Waals surface area contributed by atoms with Crippen LogP contribution in [0.15, 0.2) is 49.6 Å². The highest BCUT2D eigenvalue weighted by atomic mass is 19.1. The van der Waals surface area contributed by atoms with Gasteiger partial charge in [0, 0.05) is 26.1 Å². The molecule has 0 unspecified atom stereocenters. The van der Waals surface area contributed by atoms with Crippen LogP contribution in [0.25, 0.3) is 0 Å². The van der Waals surface area contributed by atoms with Crippen LogP contribution >= 0.6 is 0 Å². The van der Waals surface area contributed by atoms with Gasteiger partial charge < -0.3 is 0 Å². The molecule has 0 N–H and O–H groups in total. The monoisotopic (exact) mass is 233 g/mol. The Morgan fingerprint density at radius 2 is 1.65 bits per heavy atom. The van der Waals surface area contributed by atoms with Crippen molar-refractivity contribution >= 4 is 0 Å². The molecule has 1 aromatic carbocycles. The van der Waals surface area contributed by atoms with Crippen molar-refractivity contribution in [3.8, 4) is 0 Å². The molecule has 0 saturated carbocycles. The first kappa shape index (κ1) is 13.7. The minimum absolute atomic E-state index is 0.306. The van der Waals surface area contributed by atoms with Crippen LogP contribution in [0.3, 0.4) is 0 Å². The summed E-state index contributed by atoms with van der Waals surface area (Å²) in [4.78, 5) is 2.22. The van der Waals surface area contributed by atoms with Gasteiger partial charge in [-0.2, -0.15) is 0 Å². The highest BCUT2D eigenvalue weighted by molar-refractivity contribution is 5.27. The summed E-state index contributed by atoms with van der Waals surface area (Å²) in [5, 5.41) is 0. The number of benzene rings is 1. The molecule has 0 fully saturated rings. The van der Waals surface area contributed by atoms with Gasteiger partial charge in [0.25, 0.3) is 0 Å². The zero-order valence-corrected chi connectivity index (χ0v) is 10.2. The molecule has 0 aliphatic carbocycles. The molecule has 2 heteroatoms. The molecule has 0 heterocycles. The number of rotatable bonds is 8. The molecule has 0 bridgehead atoms. The van der Waals surface area contributed by atoms with Crippen LogP contribution in [0.1, 0.15) is 11.1 Å². The van der Waals surface area contributed by atoms with Gasteiger partial charge in [0.05, 0.1) is 6.67 Å².